The van der Waals surface area contributed by atoms with Gasteiger partial charge in [0.2, 0.25) is 5.91 Å². The van der Waals surface area contributed by atoms with Crippen LogP contribution in [0.5, 0.6) is 0 Å². The van der Waals surface area contributed by atoms with Crippen LogP contribution in [0.25, 0.3) is 21.9 Å². The number of fused-ring (bicyclic) bond motifs is 3. The quantitative estimate of drug-likeness (QED) is 0.754. The van der Waals surface area contributed by atoms with Gasteiger partial charge in [0.25, 0.3) is 0 Å². The highest BCUT2D eigenvalue weighted by Gasteiger charge is 2.13. The summed E-state index contributed by atoms with van der Waals surface area (Å²) in [5.41, 5.74) is 7.72. The van der Waals surface area contributed by atoms with Crippen molar-refractivity contribution >= 4 is 62.8 Å². The van der Waals surface area contributed by atoms with Crippen molar-refractivity contribution in [1.29, 1.82) is 0 Å². The van der Waals surface area contributed by atoms with Gasteiger partial charge in [-0.25, -0.2) is 0 Å². The van der Waals surface area contributed by atoms with E-state index in [9.17, 15) is 4.79 Å². The molecular weight excluding hydrogens is 329 g/mol. The Balaban J connectivity index is 2.12. The fourth-order valence-electron chi connectivity index (χ4n) is 2.28. The smallest absolute Gasteiger partial charge is 0.227 e. The molecule has 0 bridgehead atoms. The van der Waals surface area contributed by atoms with E-state index in [1.165, 1.54) is 11.8 Å². The van der Waals surface area contributed by atoms with Gasteiger partial charge in [0, 0.05) is 22.6 Å². The highest BCUT2D eigenvalue weighted by atomic mass is 35.5. The zero-order valence-corrected chi connectivity index (χ0v) is 13.2. The minimum atomic E-state index is -0.320. The number of benzene rings is 2. The lowest BCUT2D eigenvalue weighted by atomic mass is 10.1. The molecule has 2 N–H and O–H groups in total. The summed E-state index contributed by atoms with van der Waals surface area (Å²) >= 11 is 13.6. The van der Waals surface area contributed by atoms with Crippen molar-refractivity contribution in [2.24, 2.45) is 5.73 Å². The van der Waals surface area contributed by atoms with Gasteiger partial charge in [-0.05, 0) is 17.7 Å². The Labute approximate surface area is 135 Å². The number of halogens is 2. The van der Waals surface area contributed by atoms with Gasteiger partial charge in [-0.15, -0.1) is 11.8 Å². The van der Waals surface area contributed by atoms with Crippen LogP contribution in [0.3, 0.4) is 0 Å². The zero-order chi connectivity index (χ0) is 15.0. The highest BCUT2D eigenvalue weighted by molar-refractivity contribution is 7.99. The maximum atomic E-state index is 10.8. The first-order chi connectivity index (χ1) is 10.1. The van der Waals surface area contributed by atoms with Gasteiger partial charge in [-0.2, -0.15) is 0 Å². The summed E-state index contributed by atoms with van der Waals surface area (Å²) in [7, 11) is 0. The van der Waals surface area contributed by atoms with Gasteiger partial charge < -0.3 is 10.2 Å². The molecule has 0 spiro atoms. The molecule has 0 atom stereocenters. The van der Waals surface area contributed by atoms with Gasteiger partial charge in [0.15, 0.2) is 0 Å². The first-order valence-electron chi connectivity index (χ1n) is 6.21. The summed E-state index contributed by atoms with van der Waals surface area (Å²) in [5.74, 6) is 0.646. The van der Waals surface area contributed by atoms with E-state index < -0.39 is 0 Å². The van der Waals surface area contributed by atoms with Crippen molar-refractivity contribution < 1.29 is 9.21 Å². The predicted molar refractivity (Wildman–Crippen MR) is 89.1 cm³/mol. The monoisotopic (exact) mass is 339 g/mol. The maximum absolute atomic E-state index is 10.8. The summed E-state index contributed by atoms with van der Waals surface area (Å²) in [6, 6.07) is 9.37. The summed E-state index contributed by atoms with van der Waals surface area (Å²) in [6.07, 6.45) is 0. The molecular formula is C15H11Cl2NO2S. The summed E-state index contributed by atoms with van der Waals surface area (Å²) in [4.78, 5) is 10.8. The minimum Gasteiger partial charge on any atom is -0.456 e. The lowest BCUT2D eigenvalue weighted by Crippen LogP contribution is -2.13. The van der Waals surface area contributed by atoms with Crippen LogP contribution in [0.2, 0.25) is 10.0 Å². The summed E-state index contributed by atoms with van der Waals surface area (Å²) in [6.45, 7) is 0. The lowest BCUT2D eigenvalue weighted by molar-refractivity contribution is -0.115. The first kappa shape index (κ1) is 14.6. The Morgan fingerprint density at radius 3 is 2.71 bits per heavy atom. The molecule has 1 amide bonds. The van der Waals surface area contributed by atoms with Crippen LogP contribution in [0.15, 0.2) is 34.7 Å². The van der Waals surface area contributed by atoms with Gasteiger partial charge in [0.05, 0.1) is 15.8 Å². The molecule has 6 heteroatoms. The van der Waals surface area contributed by atoms with Crippen LogP contribution in [-0.2, 0) is 10.5 Å². The molecule has 0 fully saturated rings. The van der Waals surface area contributed by atoms with E-state index >= 15 is 0 Å². The second-order valence-electron chi connectivity index (χ2n) is 4.61. The third-order valence-corrected chi connectivity index (χ3v) is 4.85. The second kappa shape index (κ2) is 5.79. The van der Waals surface area contributed by atoms with E-state index in [1.807, 2.05) is 24.3 Å². The number of hydrogen-bond acceptors (Lipinski definition) is 3. The van der Waals surface area contributed by atoms with Crippen LogP contribution in [-0.4, -0.2) is 11.7 Å². The van der Waals surface area contributed by atoms with Crippen molar-refractivity contribution in [3.63, 3.8) is 0 Å². The van der Waals surface area contributed by atoms with Crippen LogP contribution in [0, 0.1) is 0 Å². The third-order valence-electron chi connectivity index (χ3n) is 3.13. The van der Waals surface area contributed by atoms with E-state index in [-0.39, 0.29) is 5.91 Å². The molecule has 1 aromatic heterocycles. The summed E-state index contributed by atoms with van der Waals surface area (Å²) < 4.78 is 5.81. The van der Waals surface area contributed by atoms with E-state index in [4.69, 9.17) is 33.4 Å². The molecule has 1 heterocycles. The second-order valence-corrected chi connectivity index (χ2v) is 6.41. The number of carbonyl (C=O) groups is 1. The number of carbonyl (C=O) groups excluding carboxylic acids is 1. The number of furan rings is 1. The normalized spacial score (nSPS) is 11.3. The predicted octanol–water partition coefficient (Wildman–Crippen LogP) is 4.61. The Morgan fingerprint density at radius 1 is 1.19 bits per heavy atom. The topological polar surface area (TPSA) is 56.2 Å². The fraction of sp³-hybridized carbons (Fsp3) is 0.133. The Hall–Kier alpha value is -1.36. The molecule has 0 aliphatic rings. The Morgan fingerprint density at radius 2 is 1.95 bits per heavy atom. The molecule has 0 aliphatic carbocycles. The van der Waals surface area contributed by atoms with Crippen molar-refractivity contribution in [2.45, 2.75) is 5.75 Å². The standard InChI is InChI=1S/C15H11Cl2NO2S/c16-10-4-9-13(5-11(10)17)20-12-3-1-2-8(15(9)12)6-21-7-14(18)19/h1-5H,6-7H2,(H2,18,19). The molecule has 0 radical (unpaired) electrons. The van der Waals surface area contributed by atoms with Crippen molar-refractivity contribution in [1.82, 2.24) is 0 Å². The van der Waals surface area contributed by atoms with E-state index in [1.54, 1.807) is 6.07 Å². The van der Waals surface area contributed by atoms with Crippen molar-refractivity contribution in [3.8, 4) is 0 Å². The maximum Gasteiger partial charge on any atom is 0.227 e. The Kier molecular flexibility index (Phi) is 4.02. The van der Waals surface area contributed by atoms with Gasteiger partial charge in [0.1, 0.15) is 11.2 Å². The SMILES string of the molecule is NC(=O)CSCc1cccc2oc3cc(Cl)c(Cl)cc3c12. The number of primary amides is 1. The number of nitrogens with two attached hydrogens (primary N) is 1. The van der Waals surface area contributed by atoms with Crippen LogP contribution >= 0.6 is 35.0 Å². The molecule has 3 nitrogen and oxygen atoms in total. The summed E-state index contributed by atoms with van der Waals surface area (Å²) in [5, 5.41) is 2.89. The number of rotatable bonds is 4. The third kappa shape index (κ3) is 2.84. The molecule has 0 unspecified atom stereocenters. The largest absolute Gasteiger partial charge is 0.456 e. The van der Waals surface area contributed by atoms with Gasteiger partial charge in [-0.3, -0.25) is 4.79 Å². The minimum absolute atomic E-state index is 0.290. The molecule has 108 valence electrons. The fourth-order valence-corrected chi connectivity index (χ4v) is 3.36. The number of hydrogen-bond donors (Lipinski definition) is 1. The Bertz CT molecular complexity index is 844. The molecule has 0 aliphatic heterocycles. The van der Waals surface area contributed by atoms with Gasteiger partial charge in [-0.1, -0.05) is 35.3 Å². The lowest BCUT2D eigenvalue weighted by Gasteiger charge is -2.02. The molecule has 2 aromatic carbocycles. The number of thioether (sulfide) groups is 1. The molecule has 0 saturated heterocycles. The van der Waals surface area contributed by atoms with E-state index in [0.717, 1.165) is 21.9 Å². The zero-order valence-electron chi connectivity index (χ0n) is 10.9. The van der Waals surface area contributed by atoms with E-state index in [2.05, 4.69) is 0 Å². The van der Waals surface area contributed by atoms with Crippen molar-refractivity contribution in [3.05, 3.63) is 45.9 Å². The van der Waals surface area contributed by atoms with Crippen molar-refractivity contribution in [2.75, 3.05) is 5.75 Å². The van der Waals surface area contributed by atoms with E-state index in [0.29, 0.717) is 27.1 Å². The average molecular weight is 340 g/mol. The molecule has 0 saturated carbocycles. The number of amides is 1. The van der Waals surface area contributed by atoms with Crippen LogP contribution < -0.4 is 5.73 Å². The van der Waals surface area contributed by atoms with Gasteiger partial charge >= 0.3 is 0 Å². The first-order valence-corrected chi connectivity index (χ1v) is 8.12. The highest BCUT2D eigenvalue weighted by Crippen LogP contribution is 2.37. The molecule has 3 rings (SSSR count). The molecule has 21 heavy (non-hydrogen) atoms. The molecule has 3 aromatic rings. The van der Waals surface area contributed by atoms with Crippen LogP contribution in [0.1, 0.15) is 5.56 Å². The van der Waals surface area contributed by atoms with Crippen LogP contribution in [0.4, 0.5) is 0 Å². The average Bonchev–Trinajstić information content (AvgIpc) is 2.77.